The fourth-order valence-corrected chi connectivity index (χ4v) is 2.90. The minimum absolute atomic E-state index is 0.117. The van der Waals surface area contributed by atoms with Crippen LogP contribution in [0, 0.1) is 6.92 Å². The summed E-state index contributed by atoms with van der Waals surface area (Å²) < 4.78 is 5.65. The molecule has 0 bridgehead atoms. The lowest BCUT2D eigenvalue weighted by molar-refractivity contribution is 0.0949. The van der Waals surface area contributed by atoms with Crippen molar-refractivity contribution < 1.29 is 9.21 Å². The SMILES string of the molecule is Cc1ccc2oc(C(=O)CCC3CCCCN3)cc2c1. The van der Waals surface area contributed by atoms with Crippen LogP contribution in [0.4, 0.5) is 0 Å². The second kappa shape index (κ2) is 5.80. The summed E-state index contributed by atoms with van der Waals surface area (Å²) in [6.07, 6.45) is 5.20. The fourth-order valence-electron chi connectivity index (χ4n) is 2.90. The third-order valence-electron chi connectivity index (χ3n) is 4.08. The van der Waals surface area contributed by atoms with Crippen molar-refractivity contribution in [3.05, 3.63) is 35.6 Å². The van der Waals surface area contributed by atoms with Crippen LogP contribution in [0.15, 0.2) is 28.7 Å². The molecule has 1 aliphatic rings. The maximum atomic E-state index is 12.2. The number of piperidine rings is 1. The van der Waals surface area contributed by atoms with E-state index in [9.17, 15) is 4.79 Å². The Morgan fingerprint density at radius 2 is 2.25 bits per heavy atom. The number of carbonyl (C=O) groups excluding carboxylic acids is 1. The Morgan fingerprint density at radius 3 is 3.05 bits per heavy atom. The molecule has 2 heterocycles. The van der Waals surface area contributed by atoms with E-state index in [1.54, 1.807) is 0 Å². The van der Waals surface area contributed by atoms with E-state index in [2.05, 4.69) is 11.4 Å². The van der Waals surface area contributed by atoms with E-state index in [1.165, 1.54) is 24.8 Å². The van der Waals surface area contributed by atoms with Crippen molar-refractivity contribution >= 4 is 16.8 Å². The summed E-state index contributed by atoms with van der Waals surface area (Å²) in [6, 6.07) is 8.37. The van der Waals surface area contributed by atoms with Crippen LogP contribution in [0.5, 0.6) is 0 Å². The molecule has 0 amide bonds. The molecule has 0 radical (unpaired) electrons. The molecular weight excluding hydrogens is 250 g/mol. The zero-order chi connectivity index (χ0) is 13.9. The lowest BCUT2D eigenvalue weighted by Gasteiger charge is -2.22. The molecule has 20 heavy (non-hydrogen) atoms. The number of nitrogens with one attached hydrogen (secondary N) is 1. The third-order valence-corrected chi connectivity index (χ3v) is 4.08. The summed E-state index contributed by atoms with van der Waals surface area (Å²) in [6.45, 7) is 3.13. The van der Waals surface area contributed by atoms with Crippen molar-refractivity contribution in [1.82, 2.24) is 5.32 Å². The minimum atomic E-state index is 0.117. The number of fused-ring (bicyclic) bond motifs is 1. The Labute approximate surface area is 119 Å². The average molecular weight is 271 g/mol. The first kappa shape index (κ1) is 13.4. The number of Topliss-reactive ketones (excluding diaryl/α,β-unsaturated/α-hetero) is 1. The standard InChI is InChI=1S/C17H21NO2/c1-12-5-8-16-13(10-12)11-17(20-16)15(19)7-6-14-4-2-3-9-18-14/h5,8,10-11,14,18H,2-4,6-7,9H2,1H3. The van der Waals surface area contributed by atoms with Gasteiger partial charge in [0.15, 0.2) is 11.5 Å². The highest BCUT2D eigenvalue weighted by atomic mass is 16.3. The van der Waals surface area contributed by atoms with Gasteiger partial charge in [-0.15, -0.1) is 0 Å². The Morgan fingerprint density at radius 1 is 1.35 bits per heavy atom. The number of hydrogen-bond donors (Lipinski definition) is 1. The van der Waals surface area contributed by atoms with Crippen LogP contribution in [-0.4, -0.2) is 18.4 Å². The molecule has 1 aliphatic heterocycles. The normalized spacial score (nSPS) is 19.4. The number of carbonyl (C=O) groups is 1. The highest BCUT2D eigenvalue weighted by Crippen LogP contribution is 2.22. The summed E-state index contributed by atoms with van der Waals surface area (Å²) in [7, 11) is 0. The van der Waals surface area contributed by atoms with Gasteiger partial charge in [0.25, 0.3) is 0 Å². The molecule has 0 saturated carbocycles. The van der Waals surface area contributed by atoms with Gasteiger partial charge in [-0.05, 0) is 50.9 Å². The smallest absolute Gasteiger partial charge is 0.198 e. The highest BCUT2D eigenvalue weighted by molar-refractivity contribution is 5.97. The van der Waals surface area contributed by atoms with Crippen molar-refractivity contribution in [1.29, 1.82) is 0 Å². The van der Waals surface area contributed by atoms with Crippen molar-refractivity contribution in [3.63, 3.8) is 0 Å². The molecule has 1 fully saturated rings. The molecule has 106 valence electrons. The third kappa shape index (κ3) is 2.93. The van der Waals surface area contributed by atoms with Gasteiger partial charge in [0, 0.05) is 17.8 Å². The Hall–Kier alpha value is -1.61. The van der Waals surface area contributed by atoms with E-state index in [-0.39, 0.29) is 5.78 Å². The van der Waals surface area contributed by atoms with Crippen LogP contribution < -0.4 is 5.32 Å². The second-order valence-electron chi connectivity index (χ2n) is 5.76. The quantitative estimate of drug-likeness (QED) is 0.859. The summed E-state index contributed by atoms with van der Waals surface area (Å²) in [4.78, 5) is 12.2. The number of rotatable bonds is 4. The Balaban J connectivity index is 1.65. The van der Waals surface area contributed by atoms with Gasteiger partial charge in [0.05, 0.1) is 0 Å². The van der Waals surface area contributed by atoms with Gasteiger partial charge in [-0.1, -0.05) is 18.1 Å². The second-order valence-corrected chi connectivity index (χ2v) is 5.76. The molecule has 1 aromatic heterocycles. The van der Waals surface area contributed by atoms with E-state index in [0.29, 0.717) is 18.2 Å². The Kier molecular flexibility index (Phi) is 3.88. The summed E-state index contributed by atoms with van der Waals surface area (Å²) >= 11 is 0. The predicted molar refractivity (Wildman–Crippen MR) is 80.2 cm³/mol. The molecule has 1 aromatic carbocycles. The van der Waals surface area contributed by atoms with Crippen LogP contribution >= 0.6 is 0 Å². The van der Waals surface area contributed by atoms with Crippen LogP contribution in [0.1, 0.15) is 48.2 Å². The molecule has 3 nitrogen and oxygen atoms in total. The first-order valence-corrected chi connectivity index (χ1v) is 7.49. The number of aryl methyl sites for hydroxylation is 1. The molecule has 2 aromatic rings. The van der Waals surface area contributed by atoms with Gasteiger partial charge in [-0.25, -0.2) is 0 Å². The monoisotopic (exact) mass is 271 g/mol. The molecule has 1 unspecified atom stereocenters. The van der Waals surface area contributed by atoms with Crippen molar-refractivity contribution in [3.8, 4) is 0 Å². The lowest BCUT2D eigenvalue weighted by atomic mass is 9.99. The molecule has 0 spiro atoms. The van der Waals surface area contributed by atoms with E-state index in [4.69, 9.17) is 4.42 Å². The maximum absolute atomic E-state index is 12.2. The van der Waals surface area contributed by atoms with Gasteiger partial charge in [-0.3, -0.25) is 4.79 Å². The summed E-state index contributed by atoms with van der Waals surface area (Å²) in [5, 5.41) is 4.49. The number of furan rings is 1. The first-order valence-electron chi connectivity index (χ1n) is 7.49. The topological polar surface area (TPSA) is 42.2 Å². The van der Waals surface area contributed by atoms with E-state index in [0.717, 1.165) is 23.9 Å². The average Bonchev–Trinajstić information content (AvgIpc) is 2.89. The van der Waals surface area contributed by atoms with Gasteiger partial charge >= 0.3 is 0 Å². The molecule has 0 aliphatic carbocycles. The lowest BCUT2D eigenvalue weighted by Crippen LogP contribution is -2.34. The van der Waals surface area contributed by atoms with Gasteiger partial charge in [0.1, 0.15) is 5.58 Å². The fraction of sp³-hybridized carbons (Fsp3) is 0.471. The molecule has 1 atom stereocenters. The molecule has 3 heteroatoms. The van der Waals surface area contributed by atoms with Crippen molar-refractivity contribution in [2.45, 2.75) is 45.1 Å². The molecule has 1 N–H and O–H groups in total. The predicted octanol–water partition coefficient (Wildman–Crippen LogP) is 3.85. The van der Waals surface area contributed by atoms with E-state index < -0.39 is 0 Å². The van der Waals surface area contributed by atoms with Gasteiger partial charge < -0.3 is 9.73 Å². The molecule has 1 saturated heterocycles. The maximum Gasteiger partial charge on any atom is 0.198 e. The van der Waals surface area contributed by atoms with E-state index >= 15 is 0 Å². The summed E-state index contributed by atoms with van der Waals surface area (Å²) in [5.41, 5.74) is 1.98. The molecule has 3 rings (SSSR count). The van der Waals surface area contributed by atoms with Crippen LogP contribution in [-0.2, 0) is 0 Å². The number of ketones is 1. The summed E-state index contributed by atoms with van der Waals surface area (Å²) in [5.74, 6) is 0.618. The largest absolute Gasteiger partial charge is 0.453 e. The van der Waals surface area contributed by atoms with Gasteiger partial charge in [0.2, 0.25) is 0 Å². The zero-order valence-electron chi connectivity index (χ0n) is 11.9. The van der Waals surface area contributed by atoms with Crippen LogP contribution in [0.2, 0.25) is 0 Å². The van der Waals surface area contributed by atoms with Crippen molar-refractivity contribution in [2.75, 3.05) is 6.54 Å². The first-order chi connectivity index (χ1) is 9.72. The number of hydrogen-bond acceptors (Lipinski definition) is 3. The molecular formula is C17H21NO2. The minimum Gasteiger partial charge on any atom is -0.453 e. The van der Waals surface area contributed by atoms with E-state index in [1.807, 2.05) is 25.1 Å². The van der Waals surface area contributed by atoms with Gasteiger partial charge in [-0.2, -0.15) is 0 Å². The van der Waals surface area contributed by atoms with Crippen molar-refractivity contribution in [2.24, 2.45) is 0 Å². The highest BCUT2D eigenvalue weighted by Gasteiger charge is 2.17. The van der Waals surface area contributed by atoms with Crippen LogP contribution in [0.3, 0.4) is 0 Å². The number of benzene rings is 1. The van der Waals surface area contributed by atoms with Crippen LogP contribution in [0.25, 0.3) is 11.0 Å². The zero-order valence-corrected chi connectivity index (χ0v) is 11.9. The Bertz CT molecular complexity index is 608.